The van der Waals surface area contributed by atoms with Crippen molar-refractivity contribution in [3.63, 3.8) is 0 Å². The van der Waals surface area contributed by atoms with E-state index in [2.05, 4.69) is 9.97 Å². The van der Waals surface area contributed by atoms with Gasteiger partial charge in [-0.05, 0) is 36.4 Å². The number of Topliss-reactive ketones (excluding diaryl/α,β-unsaturated/α-hetero) is 1. The van der Waals surface area contributed by atoms with Gasteiger partial charge in [0.25, 0.3) is 0 Å². The van der Waals surface area contributed by atoms with Crippen LogP contribution in [0.2, 0.25) is 5.02 Å². The summed E-state index contributed by atoms with van der Waals surface area (Å²) in [6.07, 6.45) is 3.73. The van der Waals surface area contributed by atoms with Crippen molar-refractivity contribution in [2.24, 2.45) is 0 Å². The molecular weight excluding hydrogens is 296 g/mol. The number of ketones is 1. The minimum atomic E-state index is 0.000543. The molecule has 22 heavy (non-hydrogen) atoms. The zero-order valence-electron chi connectivity index (χ0n) is 11.7. The molecule has 4 heteroatoms. The van der Waals surface area contributed by atoms with E-state index in [4.69, 9.17) is 11.6 Å². The van der Waals surface area contributed by atoms with Crippen molar-refractivity contribution < 1.29 is 4.79 Å². The lowest BCUT2D eigenvalue weighted by Gasteiger charge is -2.04. The molecule has 3 nitrogen and oxygen atoms in total. The molecule has 0 aliphatic heterocycles. The summed E-state index contributed by atoms with van der Waals surface area (Å²) in [5.41, 5.74) is 3.12. The van der Waals surface area contributed by atoms with Crippen LogP contribution in [0, 0.1) is 0 Å². The lowest BCUT2D eigenvalue weighted by molar-refractivity contribution is 0.0992. The molecule has 0 fully saturated rings. The monoisotopic (exact) mass is 308 g/mol. The SMILES string of the molecule is O=C(Cc1ccc(-c2ccccn2)cn1)c1cccc(Cl)c1. The first kappa shape index (κ1) is 14.4. The second kappa shape index (κ2) is 6.50. The summed E-state index contributed by atoms with van der Waals surface area (Å²) in [4.78, 5) is 20.8. The van der Waals surface area contributed by atoms with Gasteiger partial charge >= 0.3 is 0 Å². The summed E-state index contributed by atoms with van der Waals surface area (Å²) in [7, 11) is 0. The molecular formula is C18H13ClN2O. The third-order valence-corrected chi connectivity index (χ3v) is 3.51. The molecule has 0 aliphatic rings. The molecule has 2 heterocycles. The molecule has 0 aliphatic carbocycles. The number of halogens is 1. The van der Waals surface area contributed by atoms with Gasteiger partial charge in [-0.2, -0.15) is 0 Å². The van der Waals surface area contributed by atoms with Gasteiger partial charge in [0.2, 0.25) is 0 Å². The number of carbonyl (C=O) groups is 1. The maximum atomic E-state index is 12.2. The Kier molecular flexibility index (Phi) is 4.26. The van der Waals surface area contributed by atoms with Gasteiger partial charge in [-0.1, -0.05) is 29.8 Å². The van der Waals surface area contributed by atoms with Crippen molar-refractivity contribution in [3.05, 3.63) is 83.3 Å². The minimum absolute atomic E-state index is 0.000543. The van der Waals surface area contributed by atoms with E-state index in [-0.39, 0.29) is 12.2 Å². The highest BCUT2D eigenvalue weighted by atomic mass is 35.5. The predicted molar refractivity (Wildman–Crippen MR) is 87.0 cm³/mol. The maximum Gasteiger partial charge on any atom is 0.168 e. The third kappa shape index (κ3) is 3.38. The van der Waals surface area contributed by atoms with Crippen LogP contribution in [0.15, 0.2) is 67.0 Å². The van der Waals surface area contributed by atoms with E-state index in [1.54, 1.807) is 36.7 Å². The van der Waals surface area contributed by atoms with Gasteiger partial charge in [0.15, 0.2) is 5.78 Å². The first-order valence-electron chi connectivity index (χ1n) is 6.87. The number of rotatable bonds is 4. The zero-order chi connectivity index (χ0) is 15.4. The second-order valence-corrected chi connectivity index (χ2v) is 5.30. The fourth-order valence-electron chi connectivity index (χ4n) is 2.14. The average Bonchev–Trinajstić information content (AvgIpc) is 2.56. The highest BCUT2D eigenvalue weighted by Crippen LogP contribution is 2.16. The fourth-order valence-corrected chi connectivity index (χ4v) is 2.33. The fraction of sp³-hybridized carbons (Fsp3) is 0.0556. The van der Waals surface area contributed by atoms with Crippen LogP contribution in [0.25, 0.3) is 11.3 Å². The summed E-state index contributed by atoms with van der Waals surface area (Å²) in [5.74, 6) is 0.000543. The molecule has 0 unspecified atom stereocenters. The topological polar surface area (TPSA) is 42.9 Å². The predicted octanol–water partition coefficient (Wildman–Crippen LogP) is 4.22. The standard InChI is InChI=1S/C18H13ClN2O/c19-15-5-3-4-13(10-15)18(22)11-16-8-7-14(12-21-16)17-6-1-2-9-20-17/h1-10,12H,11H2. The van der Waals surface area contributed by atoms with Crippen LogP contribution in [0.3, 0.4) is 0 Å². The lowest BCUT2D eigenvalue weighted by atomic mass is 10.1. The van der Waals surface area contributed by atoms with E-state index < -0.39 is 0 Å². The average molecular weight is 309 g/mol. The molecule has 0 bridgehead atoms. The minimum Gasteiger partial charge on any atom is -0.294 e. The van der Waals surface area contributed by atoms with Crippen LogP contribution in [-0.4, -0.2) is 15.8 Å². The molecule has 0 N–H and O–H groups in total. The number of hydrogen-bond acceptors (Lipinski definition) is 3. The summed E-state index contributed by atoms with van der Waals surface area (Å²) >= 11 is 5.91. The number of carbonyl (C=O) groups excluding carboxylic acids is 1. The Hall–Kier alpha value is -2.52. The van der Waals surface area contributed by atoms with E-state index in [1.807, 2.05) is 30.3 Å². The highest BCUT2D eigenvalue weighted by Gasteiger charge is 2.09. The first-order chi connectivity index (χ1) is 10.7. The quantitative estimate of drug-likeness (QED) is 0.678. The summed E-state index contributed by atoms with van der Waals surface area (Å²) < 4.78 is 0. The molecule has 108 valence electrons. The van der Waals surface area contributed by atoms with Gasteiger partial charge in [0, 0.05) is 34.2 Å². The van der Waals surface area contributed by atoms with Crippen molar-refractivity contribution in [1.82, 2.24) is 9.97 Å². The molecule has 0 spiro atoms. The van der Waals surface area contributed by atoms with E-state index in [9.17, 15) is 4.79 Å². The number of benzene rings is 1. The van der Waals surface area contributed by atoms with Gasteiger partial charge in [0.05, 0.1) is 12.1 Å². The Labute approximate surface area is 133 Å². The number of pyridine rings is 2. The van der Waals surface area contributed by atoms with Crippen molar-refractivity contribution in [2.45, 2.75) is 6.42 Å². The van der Waals surface area contributed by atoms with Crippen LogP contribution >= 0.6 is 11.6 Å². The van der Waals surface area contributed by atoms with Crippen molar-refractivity contribution in [1.29, 1.82) is 0 Å². The van der Waals surface area contributed by atoms with Crippen LogP contribution < -0.4 is 0 Å². The summed E-state index contributed by atoms with van der Waals surface area (Å²) in [5, 5.41) is 0.560. The van der Waals surface area contributed by atoms with Crippen molar-refractivity contribution in [3.8, 4) is 11.3 Å². The molecule has 0 atom stereocenters. The van der Waals surface area contributed by atoms with Crippen LogP contribution in [0.5, 0.6) is 0 Å². The molecule has 0 saturated carbocycles. The van der Waals surface area contributed by atoms with Gasteiger partial charge in [-0.15, -0.1) is 0 Å². The Balaban J connectivity index is 1.75. The molecule has 0 saturated heterocycles. The number of nitrogens with zero attached hydrogens (tertiary/aromatic N) is 2. The largest absolute Gasteiger partial charge is 0.294 e. The van der Waals surface area contributed by atoms with E-state index >= 15 is 0 Å². The van der Waals surface area contributed by atoms with Gasteiger partial charge in [-0.25, -0.2) is 0 Å². The van der Waals surface area contributed by atoms with Crippen LogP contribution in [-0.2, 0) is 6.42 Å². The van der Waals surface area contributed by atoms with Gasteiger partial charge < -0.3 is 0 Å². The molecule has 0 amide bonds. The van der Waals surface area contributed by atoms with E-state index in [0.717, 1.165) is 17.0 Å². The smallest absolute Gasteiger partial charge is 0.168 e. The lowest BCUT2D eigenvalue weighted by Crippen LogP contribution is -2.05. The van der Waals surface area contributed by atoms with Gasteiger partial charge in [-0.3, -0.25) is 14.8 Å². The molecule has 3 rings (SSSR count). The number of hydrogen-bond donors (Lipinski definition) is 0. The molecule has 1 aromatic carbocycles. The number of aromatic nitrogens is 2. The normalized spacial score (nSPS) is 10.4. The Morgan fingerprint density at radius 1 is 1.00 bits per heavy atom. The molecule has 3 aromatic rings. The van der Waals surface area contributed by atoms with Crippen LogP contribution in [0.4, 0.5) is 0 Å². The zero-order valence-corrected chi connectivity index (χ0v) is 12.5. The van der Waals surface area contributed by atoms with Gasteiger partial charge in [0.1, 0.15) is 0 Å². The maximum absolute atomic E-state index is 12.2. The van der Waals surface area contributed by atoms with E-state index in [0.29, 0.717) is 10.6 Å². The third-order valence-electron chi connectivity index (χ3n) is 3.27. The highest BCUT2D eigenvalue weighted by molar-refractivity contribution is 6.31. The summed E-state index contributed by atoms with van der Waals surface area (Å²) in [6.45, 7) is 0. The van der Waals surface area contributed by atoms with Crippen molar-refractivity contribution in [2.75, 3.05) is 0 Å². The second-order valence-electron chi connectivity index (χ2n) is 4.86. The van der Waals surface area contributed by atoms with E-state index in [1.165, 1.54) is 0 Å². The summed E-state index contributed by atoms with van der Waals surface area (Å²) in [6, 6.07) is 16.5. The molecule has 2 aromatic heterocycles. The Bertz CT molecular complexity index is 786. The Morgan fingerprint density at radius 2 is 1.91 bits per heavy atom. The van der Waals surface area contributed by atoms with Crippen LogP contribution in [0.1, 0.15) is 16.1 Å². The van der Waals surface area contributed by atoms with Crippen molar-refractivity contribution >= 4 is 17.4 Å². The molecule has 0 radical (unpaired) electrons. The first-order valence-corrected chi connectivity index (χ1v) is 7.25. The Morgan fingerprint density at radius 3 is 2.59 bits per heavy atom.